The minimum atomic E-state index is -0.273. The average molecular weight is 633 g/mol. The lowest BCUT2D eigenvalue weighted by atomic mass is 10.1. The summed E-state index contributed by atoms with van der Waals surface area (Å²) in [7, 11) is 1.38. The zero-order valence-corrected chi connectivity index (χ0v) is 26.8. The highest BCUT2D eigenvalue weighted by Crippen LogP contribution is 2.27. The number of unbranched alkanes of at least 4 members (excludes halogenated alkanes) is 1. The number of benzene rings is 2. The molecule has 0 unspecified atom stereocenters. The van der Waals surface area contributed by atoms with E-state index < -0.39 is 0 Å². The largest absolute Gasteiger partial charge is 0.493 e. The Morgan fingerprint density at radius 1 is 1.11 bits per heavy atom. The van der Waals surface area contributed by atoms with Crippen LogP contribution in [0.15, 0.2) is 53.3 Å². The van der Waals surface area contributed by atoms with Crippen LogP contribution in [-0.4, -0.2) is 65.8 Å². The van der Waals surface area contributed by atoms with Crippen LogP contribution < -0.4 is 20.3 Å². The number of carbonyl (C=O) groups excluding carboxylic acids is 2. The molecule has 246 valence electrons. The first-order valence-electron chi connectivity index (χ1n) is 16.2. The van der Waals surface area contributed by atoms with Crippen molar-refractivity contribution in [1.82, 2.24) is 19.8 Å². The fraction of sp³-hybridized carbons (Fsp3) is 0.486. The second-order valence-electron chi connectivity index (χ2n) is 11.7. The third-order valence-electron chi connectivity index (χ3n) is 8.27. The normalized spacial score (nSPS) is 15.8. The van der Waals surface area contributed by atoms with Crippen molar-refractivity contribution in [3.8, 4) is 17.5 Å². The summed E-state index contributed by atoms with van der Waals surface area (Å²) < 4.78 is 24.2. The second kappa shape index (κ2) is 16.4. The first-order chi connectivity index (χ1) is 22.4. The lowest BCUT2D eigenvalue weighted by Gasteiger charge is -2.29. The number of rotatable bonds is 15. The summed E-state index contributed by atoms with van der Waals surface area (Å²) in [6, 6.07) is 15.3. The predicted octanol–water partition coefficient (Wildman–Crippen LogP) is 4.17. The number of aromatic nitrogens is 2. The SMILES string of the molecule is CCCCOc1cccc(Oc2nc3c(c(=O)n2C[C@H]2CCCO2)CN(C(=O)CCNCc2ccc(CC(=O)OC)cc2)CC3)c1. The Bertz CT molecular complexity index is 1530. The van der Waals surface area contributed by atoms with Crippen LogP contribution >= 0.6 is 0 Å². The van der Waals surface area contributed by atoms with Crippen LogP contribution in [0.25, 0.3) is 0 Å². The molecule has 11 heteroatoms. The predicted molar refractivity (Wildman–Crippen MR) is 172 cm³/mol. The fourth-order valence-electron chi connectivity index (χ4n) is 5.60. The molecule has 1 aromatic heterocycles. The van der Waals surface area contributed by atoms with Gasteiger partial charge in [0.2, 0.25) is 5.91 Å². The summed E-state index contributed by atoms with van der Waals surface area (Å²) in [6.45, 7) is 5.55. The molecule has 0 radical (unpaired) electrons. The number of ether oxygens (including phenoxy) is 4. The molecule has 11 nitrogen and oxygen atoms in total. The van der Waals surface area contributed by atoms with Gasteiger partial charge < -0.3 is 29.2 Å². The Kier molecular flexibility index (Phi) is 11.8. The van der Waals surface area contributed by atoms with Gasteiger partial charge in [0, 0.05) is 45.1 Å². The zero-order valence-electron chi connectivity index (χ0n) is 26.8. The van der Waals surface area contributed by atoms with Gasteiger partial charge in [0.15, 0.2) is 0 Å². The number of fused-ring (bicyclic) bond motifs is 1. The summed E-state index contributed by atoms with van der Waals surface area (Å²) in [4.78, 5) is 45.1. The molecule has 5 rings (SSSR count). The molecule has 2 aliphatic rings. The van der Waals surface area contributed by atoms with Crippen molar-refractivity contribution in [1.29, 1.82) is 0 Å². The highest BCUT2D eigenvalue weighted by Gasteiger charge is 2.28. The van der Waals surface area contributed by atoms with Crippen LogP contribution in [0.1, 0.15) is 61.4 Å². The molecule has 3 aromatic rings. The van der Waals surface area contributed by atoms with Crippen molar-refractivity contribution < 1.29 is 28.5 Å². The molecule has 0 saturated carbocycles. The van der Waals surface area contributed by atoms with E-state index in [1.54, 1.807) is 9.47 Å². The van der Waals surface area contributed by atoms with E-state index in [1.807, 2.05) is 48.5 Å². The molecule has 1 saturated heterocycles. The standard InChI is InChI=1S/C35H44N4O7/c1-3-4-18-44-27-7-5-8-28(21-27)46-35-37-31-15-17-38(24-30(31)34(42)39(35)23-29-9-6-19-45-29)32(40)14-16-36-22-26-12-10-25(11-13-26)20-33(41)43-2/h5,7-8,10-13,21,29,36H,3-4,6,9,14-20,22-24H2,1-2H3/t29-/m1/s1. The Morgan fingerprint density at radius 3 is 2.67 bits per heavy atom. The van der Waals surface area contributed by atoms with Gasteiger partial charge in [0.1, 0.15) is 11.5 Å². The minimum absolute atomic E-state index is 0.0168. The molecule has 0 aliphatic carbocycles. The minimum Gasteiger partial charge on any atom is -0.493 e. The van der Waals surface area contributed by atoms with Crippen LogP contribution in [0, 0.1) is 0 Å². The monoisotopic (exact) mass is 632 g/mol. The van der Waals surface area contributed by atoms with Gasteiger partial charge in [0.25, 0.3) is 5.56 Å². The molecule has 1 amide bonds. The summed E-state index contributed by atoms with van der Waals surface area (Å²) in [5.41, 5.74) is 2.94. The van der Waals surface area contributed by atoms with Gasteiger partial charge in [-0.3, -0.25) is 19.0 Å². The Hall–Kier alpha value is -4.22. The van der Waals surface area contributed by atoms with Crippen molar-refractivity contribution in [3.63, 3.8) is 0 Å². The molecule has 1 fully saturated rings. The van der Waals surface area contributed by atoms with Gasteiger partial charge in [-0.15, -0.1) is 0 Å². The van der Waals surface area contributed by atoms with E-state index in [4.69, 9.17) is 23.9 Å². The van der Waals surface area contributed by atoms with E-state index in [2.05, 4.69) is 12.2 Å². The molecule has 2 aromatic carbocycles. The maximum Gasteiger partial charge on any atom is 0.309 e. The number of methoxy groups -OCH3 is 1. The summed E-state index contributed by atoms with van der Waals surface area (Å²) >= 11 is 0. The number of carbonyl (C=O) groups is 2. The molecule has 1 atom stereocenters. The molecule has 0 bridgehead atoms. The highest BCUT2D eigenvalue weighted by molar-refractivity contribution is 5.76. The van der Waals surface area contributed by atoms with Crippen LogP contribution in [-0.2, 0) is 51.5 Å². The van der Waals surface area contributed by atoms with Gasteiger partial charge in [0.05, 0.1) is 50.6 Å². The van der Waals surface area contributed by atoms with E-state index >= 15 is 0 Å². The van der Waals surface area contributed by atoms with Gasteiger partial charge in [-0.2, -0.15) is 0 Å². The molecule has 46 heavy (non-hydrogen) atoms. The molecule has 3 heterocycles. The topological polar surface area (TPSA) is 121 Å². The van der Waals surface area contributed by atoms with Crippen LogP contribution in [0.3, 0.4) is 0 Å². The van der Waals surface area contributed by atoms with Crippen molar-refractivity contribution >= 4 is 11.9 Å². The summed E-state index contributed by atoms with van der Waals surface area (Å²) in [5.74, 6) is 0.954. The Labute approximate surface area is 269 Å². The molecule has 0 spiro atoms. The van der Waals surface area contributed by atoms with Gasteiger partial charge in [-0.05, 0) is 42.5 Å². The summed E-state index contributed by atoms with van der Waals surface area (Å²) in [5, 5.41) is 3.32. The molecular weight excluding hydrogens is 588 g/mol. The van der Waals surface area contributed by atoms with Crippen LogP contribution in [0.4, 0.5) is 0 Å². The smallest absolute Gasteiger partial charge is 0.309 e. The van der Waals surface area contributed by atoms with Crippen molar-refractivity contribution in [2.75, 3.05) is 33.4 Å². The second-order valence-corrected chi connectivity index (χ2v) is 11.7. The van der Waals surface area contributed by atoms with Gasteiger partial charge in [-0.25, -0.2) is 4.98 Å². The fourth-order valence-corrected chi connectivity index (χ4v) is 5.60. The van der Waals surface area contributed by atoms with Crippen LogP contribution in [0.2, 0.25) is 0 Å². The number of hydrogen-bond donors (Lipinski definition) is 1. The first kappa shape index (κ1) is 33.2. The molecule has 1 N–H and O–H groups in total. The molecule has 2 aliphatic heterocycles. The third-order valence-corrected chi connectivity index (χ3v) is 8.27. The van der Waals surface area contributed by atoms with Crippen molar-refractivity contribution in [2.45, 2.75) is 77.6 Å². The molecular formula is C35H44N4O7. The van der Waals surface area contributed by atoms with E-state index in [0.717, 1.165) is 36.8 Å². The number of esters is 1. The van der Waals surface area contributed by atoms with E-state index in [0.29, 0.717) is 75.0 Å². The lowest BCUT2D eigenvalue weighted by Crippen LogP contribution is -2.42. The highest BCUT2D eigenvalue weighted by atomic mass is 16.5. The number of nitrogens with one attached hydrogen (secondary N) is 1. The third kappa shape index (κ3) is 8.95. The van der Waals surface area contributed by atoms with Gasteiger partial charge >= 0.3 is 12.0 Å². The van der Waals surface area contributed by atoms with Crippen molar-refractivity contribution in [3.05, 3.63) is 81.3 Å². The summed E-state index contributed by atoms with van der Waals surface area (Å²) in [6.07, 6.45) is 4.74. The van der Waals surface area contributed by atoms with E-state index in [1.165, 1.54) is 7.11 Å². The van der Waals surface area contributed by atoms with Crippen molar-refractivity contribution in [2.24, 2.45) is 0 Å². The number of hydrogen-bond acceptors (Lipinski definition) is 9. The lowest BCUT2D eigenvalue weighted by molar-refractivity contribution is -0.139. The average Bonchev–Trinajstić information content (AvgIpc) is 3.59. The van der Waals surface area contributed by atoms with Gasteiger partial charge in [-0.1, -0.05) is 43.7 Å². The number of amides is 1. The Balaban J connectivity index is 1.22. The maximum absolute atomic E-state index is 13.9. The number of nitrogens with zero attached hydrogens (tertiary/aromatic N) is 3. The first-order valence-corrected chi connectivity index (χ1v) is 16.2. The Morgan fingerprint density at radius 2 is 1.91 bits per heavy atom. The van der Waals surface area contributed by atoms with E-state index in [9.17, 15) is 14.4 Å². The van der Waals surface area contributed by atoms with Crippen LogP contribution in [0.5, 0.6) is 17.5 Å². The quantitative estimate of drug-likeness (QED) is 0.194. The zero-order chi connectivity index (χ0) is 32.3. The maximum atomic E-state index is 13.9. The van der Waals surface area contributed by atoms with E-state index in [-0.39, 0.29) is 42.5 Å².